The van der Waals surface area contributed by atoms with Crippen molar-refractivity contribution in [2.45, 2.75) is 52.0 Å². The fraction of sp³-hybridized carbons (Fsp3) is 0.435. The number of halogens is 1. The summed E-state index contributed by atoms with van der Waals surface area (Å²) in [5.74, 6) is -1.07. The zero-order valence-electron chi connectivity index (χ0n) is 17.7. The topological polar surface area (TPSA) is 64.4 Å². The predicted octanol–water partition coefficient (Wildman–Crippen LogP) is 3.98. The number of aryl methyl sites for hydroxylation is 1. The molecule has 30 heavy (non-hydrogen) atoms. The summed E-state index contributed by atoms with van der Waals surface area (Å²) in [7, 11) is 1.78. The highest BCUT2D eigenvalue weighted by molar-refractivity contribution is 5.89. The maximum atomic E-state index is 13.2. The van der Waals surface area contributed by atoms with Crippen molar-refractivity contribution in [3.63, 3.8) is 0 Å². The third-order valence-corrected chi connectivity index (χ3v) is 5.66. The zero-order chi connectivity index (χ0) is 21.7. The van der Waals surface area contributed by atoms with Crippen LogP contribution in [0.3, 0.4) is 0 Å². The molecule has 1 aromatic carbocycles. The van der Waals surface area contributed by atoms with Gasteiger partial charge in [-0.15, -0.1) is 0 Å². The lowest BCUT2D eigenvalue weighted by Crippen LogP contribution is -2.40. The number of amides is 1. The number of ether oxygens (including phenoxy) is 1. The number of hydrogen-bond donors (Lipinski definition) is 0. The first kappa shape index (κ1) is 21.7. The Hall–Kier alpha value is -2.96. The van der Waals surface area contributed by atoms with Gasteiger partial charge in [0.05, 0.1) is 11.4 Å². The van der Waals surface area contributed by atoms with Crippen LogP contribution in [0, 0.1) is 19.7 Å². The number of nitrogens with zero attached hydrogens (tertiary/aromatic N) is 3. The molecule has 6 nitrogen and oxygen atoms in total. The monoisotopic (exact) mass is 413 g/mol. The summed E-state index contributed by atoms with van der Waals surface area (Å²) in [5.41, 5.74) is 3.06. The molecule has 7 heteroatoms. The van der Waals surface area contributed by atoms with Crippen molar-refractivity contribution in [3.8, 4) is 5.69 Å². The molecule has 0 aliphatic heterocycles. The predicted molar refractivity (Wildman–Crippen MR) is 113 cm³/mol. The highest BCUT2D eigenvalue weighted by Crippen LogP contribution is 2.22. The van der Waals surface area contributed by atoms with Gasteiger partial charge in [0, 0.05) is 30.4 Å². The van der Waals surface area contributed by atoms with Gasteiger partial charge in [0.1, 0.15) is 5.82 Å². The lowest BCUT2D eigenvalue weighted by Gasteiger charge is -2.31. The van der Waals surface area contributed by atoms with Crippen molar-refractivity contribution in [2.24, 2.45) is 0 Å². The number of likely N-dealkylation sites (N-methyl/N-ethyl adjacent to an activating group) is 1. The summed E-state index contributed by atoms with van der Waals surface area (Å²) in [5, 5.41) is 4.47. The summed E-state index contributed by atoms with van der Waals surface area (Å²) in [6, 6.07) is 6.28. The van der Waals surface area contributed by atoms with E-state index >= 15 is 0 Å². The number of hydrogen-bond acceptors (Lipinski definition) is 4. The largest absolute Gasteiger partial charge is 0.452 e. The van der Waals surface area contributed by atoms with Gasteiger partial charge in [-0.3, -0.25) is 4.79 Å². The smallest absolute Gasteiger partial charge is 0.331 e. The van der Waals surface area contributed by atoms with Crippen LogP contribution in [-0.2, 0) is 14.3 Å². The number of aromatic nitrogens is 2. The van der Waals surface area contributed by atoms with Crippen LogP contribution in [-0.4, -0.2) is 46.3 Å². The molecule has 0 saturated heterocycles. The van der Waals surface area contributed by atoms with Crippen LogP contribution in [0.5, 0.6) is 0 Å². The number of carbonyl (C=O) groups is 2. The van der Waals surface area contributed by atoms with Gasteiger partial charge >= 0.3 is 5.97 Å². The summed E-state index contributed by atoms with van der Waals surface area (Å²) < 4.78 is 20.0. The Balaban J connectivity index is 1.59. The van der Waals surface area contributed by atoms with E-state index in [1.54, 1.807) is 34.8 Å². The van der Waals surface area contributed by atoms with Gasteiger partial charge in [-0.2, -0.15) is 5.10 Å². The van der Waals surface area contributed by atoms with Crippen LogP contribution in [0.1, 0.15) is 49.1 Å². The van der Waals surface area contributed by atoms with E-state index in [1.165, 1.54) is 24.6 Å². The van der Waals surface area contributed by atoms with Crippen LogP contribution < -0.4 is 0 Å². The van der Waals surface area contributed by atoms with Gasteiger partial charge in [-0.25, -0.2) is 13.9 Å². The fourth-order valence-corrected chi connectivity index (χ4v) is 3.84. The second-order valence-corrected chi connectivity index (χ2v) is 7.71. The Morgan fingerprint density at radius 3 is 2.53 bits per heavy atom. The molecule has 1 aliphatic rings. The Morgan fingerprint density at radius 1 is 1.20 bits per heavy atom. The van der Waals surface area contributed by atoms with E-state index in [0.717, 1.165) is 48.3 Å². The Kier molecular flexibility index (Phi) is 7.03. The van der Waals surface area contributed by atoms with Crippen molar-refractivity contribution in [2.75, 3.05) is 13.7 Å². The highest BCUT2D eigenvalue weighted by atomic mass is 19.1. The molecule has 0 bridgehead atoms. The average molecular weight is 413 g/mol. The minimum Gasteiger partial charge on any atom is -0.452 e. The molecule has 1 aliphatic carbocycles. The second kappa shape index (κ2) is 9.69. The van der Waals surface area contributed by atoms with Gasteiger partial charge < -0.3 is 9.64 Å². The molecular weight excluding hydrogens is 385 g/mol. The molecule has 0 spiro atoms. The van der Waals surface area contributed by atoms with E-state index in [9.17, 15) is 14.0 Å². The molecule has 1 fully saturated rings. The lowest BCUT2D eigenvalue weighted by molar-refractivity contribution is -0.148. The first-order chi connectivity index (χ1) is 14.4. The maximum Gasteiger partial charge on any atom is 0.331 e. The van der Waals surface area contributed by atoms with Crippen molar-refractivity contribution in [1.82, 2.24) is 14.7 Å². The molecule has 1 aromatic heterocycles. The first-order valence-electron chi connectivity index (χ1n) is 10.3. The van der Waals surface area contributed by atoms with Crippen molar-refractivity contribution in [3.05, 3.63) is 53.1 Å². The highest BCUT2D eigenvalue weighted by Gasteiger charge is 2.22. The molecule has 0 atom stereocenters. The Morgan fingerprint density at radius 2 is 1.87 bits per heavy atom. The summed E-state index contributed by atoms with van der Waals surface area (Å²) in [6.07, 6.45) is 8.44. The van der Waals surface area contributed by atoms with Gasteiger partial charge in [-0.05, 0) is 57.0 Å². The van der Waals surface area contributed by atoms with Crippen molar-refractivity contribution in [1.29, 1.82) is 0 Å². The molecule has 1 saturated carbocycles. The molecule has 2 aromatic rings. The van der Waals surface area contributed by atoms with E-state index in [4.69, 9.17) is 4.74 Å². The Labute approximate surface area is 176 Å². The quantitative estimate of drug-likeness (QED) is 0.531. The van der Waals surface area contributed by atoms with Crippen molar-refractivity contribution >= 4 is 18.0 Å². The van der Waals surface area contributed by atoms with Gasteiger partial charge in [-0.1, -0.05) is 19.3 Å². The van der Waals surface area contributed by atoms with E-state index in [1.807, 2.05) is 13.8 Å². The molecule has 160 valence electrons. The van der Waals surface area contributed by atoms with Crippen LogP contribution in [0.15, 0.2) is 30.3 Å². The SMILES string of the molecule is Cc1nn(-c2ccc(F)cc2)c(C)c1/C=C/C(=O)OCC(=O)N(C)C1CCCCC1. The average Bonchev–Trinajstić information content (AvgIpc) is 3.04. The molecular formula is C23H28FN3O3. The zero-order valence-corrected chi connectivity index (χ0v) is 17.7. The normalized spacial score (nSPS) is 14.8. The summed E-state index contributed by atoms with van der Waals surface area (Å²) in [6.45, 7) is 3.45. The van der Waals surface area contributed by atoms with Gasteiger partial charge in [0.2, 0.25) is 0 Å². The molecule has 0 radical (unpaired) electrons. The van der Waals surface area contributed by atoms with Crippen molar-refractivity contribution < 1.29 is 18.7 Å². The van der Waals surface area contributed by atoms with E-state index in [2.05, 4.69) is 5.10 Å². The van der Waals surface area contributed by atoms with Crippen LogP contribution in [0.2, 0.25) is 0 Å². The number of esters is 1. The molecule has 1 amide bonds. The standard InChI is InChI=1S/C23H28FN3O3/c1-16-21(17(2)27(25-16)20-11-9-18(24)10-12-20)13-14-23(29)30-15-22(28)26(3)19-7-5-4-6-8-19/h9-14,19H,4-8,15H2,1-3H3/b14-13+. The van der Waals surface area contributed by atoms with E-state index < -0.39 is 5.97 Å². The minimum atomic E-state index is -0.575. The molecule has 1 heterocycles. The third-order valence-electron chi connectivity index (χ3n) is 5.66. The minimum absolute atomic E-state index is 0.180. The molecule has 0 N–H and O–H groups in total. The fourth-order valence-electron chi connectivity index (χ4n) is 3.84. The second-order valence-electron chi connectivity index (χ2n) is 7.71. The first-order valence-corrected chi connectivity index (χ1v) is 10.3. The molecule has 3 rings (SSSR count). The van der Waals surface area contributed by atoms with Crippen LogP contribution in [0.25, 0.3) is 11.8 Å². The number of rotatable bonds is 6. The summed E-state index contributed by atoms with van der Waals surface area (Å²) >= 11 is 0. The maximum absolute atomic E-state index is 13.2. The van der Waals surface area contributed by atoms with Gasteiger partial charge in [0.15, 0.2) is 6.61 Å². The van der Waals surface area contributed by atoms with Gasteiger partial charge in [0.25, 0.3) is 5.91 Å². The number of benzene rings is 1. The molecule has 0 unspecified atom stereocenters. The summed E-state index contributed by atoms with van der Waals surface area (Å²) in [4.78, 5) is 26.1. The lowest BCUT2D eigenvalue weighted by atomic mass is 9.94. The third kappa shape index (κ3) is 5.14. The van der Waals surface area contributed by atoms with E-state index in [-0.39, 0.29) is 24.4 Å². The Bertz CT molecular complexity index is 928. The van der Waals surface area contributed by atoms with Crippen LogP contribution in [0.4, 0.5) is 4.39 Å². The van der Waals surface area contributed by atoms with E-state index in [0.29, 0.717) is 0 Å². The number of carbonyl (C=O) groups excluding carboxylic acids is 2. The van der Waals surface area contributed by atoms with Crippen LogP contribution >= 0.6 is 0 Å².